The Morgan fingerprint density at radius 2 is 2.26 bits per heavy atom. The fourth-order valence-corrected chi connectivity index (χ4v) is 3.65. The van der Waals surface area contributed by atoms with Crippen LogP contribution >= 0.6 is 22.9 Å². The number of nitrogens with one attached hydrogen (secondary N) is 1. The van der Waals surface area contributed by atoms with E-state index in [1.165, 1.54) is 11.1 Å². The molecule has 5 nitrogen and oxygen atoms in total. The lowest BCUT2D eigenvalue weighted by atomic mass is 10.1. The van der Waals surface area contributed by atoms with E-state index in [1.807, 2.05) is 6.07 Å². The van der Waals surface area contributed by atoms with Crippen molar-refractivity contribution in [2.45, 2.75) is 6.04 Å². The number of hydrogen-bond donors (Lipinski definition) is 1. The zero-order valence-corrected chi connectivity index (χ0v) is 14.1. The number of carbonyl (C=O) groups excluding carboxylic acids is 1. The van der Waals surface area contributed by atoms with E-state index in [0.717, 1.165) is 26.3 Å². The number of halogens is 1. The van der Waals surface area contributed by atoms with Crippen molar-refractivity contribution in [1.29, 1.82) is 0 Å². The van der Waals surface area contributed by atoms with Crippen LogP contribution in [0, 0.1) is 0 Å². The number of amides is 1. The fourth-order valence-electron chi connectivity index (χ4n) is 2.61. The molecule has 23 heavy (non-hydrogen) atoms. The maximum Gasteiger partial charge on any atom is 0.251 e. The smallest absolute Gasteiger partial charge is 0.251 e. The number of morpholine rings is 1. The third-order valence-electron chi connectivity index (χ3n) is 3.80. The maximum absolute atomic E-state index is 12.3. The van der Waals surface area contributed by atoms with Crippen LogP contribution in [0.15, 0.2) is 35.8 Å². The summed E-state index contributed by atoms with van der Waals surface area (Å²) in [6, 6.07) is 7.56. The number of pyridine rings is 1. The summed E-state index contributed by atoms with van der Waals surface area (Å²) < 4.78 is 5.43. The number of hydrogen-bond acceptors (Lipinski definition) is 5. The van der Waals surface area contributed by atoms with E-state index in [-0.39, 0.29) is 11.9 Å². The first-order valence-corrected chi connectivity index (χ1v) is 8.75. The van der Waals surface area contributed by atoms with Gasteiger partial charge >= 0.3 is 0 Å². The van der Waals surface area contributed by atoms with Crippen LogP contribution in [0.25, 0.3) is 0 Å². The van der Waals surface area contributed by atoms with E-state index >= 15 is 0 Å². The van der Waals surface area contributed by atoms with Crippen LogP contribution in [0.3, 0.4) is 0 Å². The molecule has 0 saturated carbocycles. The molecule has 1 atom stereocenters. The van der Waals surface area contributed by atoms with Crippen molar-refractivity contribution in [3.63, 3.8) is 0 Å². The summed E-state index contributed by atoms with van der Waals surface area (Å²) in [6.45, 7) is 3.77. The first-order chi connectivity index (χ1) is 11.2. The highest BCUT2D eigenvalue weighted by atomic mass is 35.5. The van der Waals surface area contributed by atoms with E-state index in [0.29, 0.717) is 17.3 Å². The molecule has 0 radical (unpaired) electrons. The zero-order chi connectivity index (χ0) is 16.1. The Kier molecular flexibility index (Phi) is 5.61. The first kappa shape index (κ1) is 16.4. The molecule has 1 N–H and O–H groups in total. The Balaban J connectivity index is 1.67. The van der Waals surface area contributed by atoms with Gasteiger partial charge in [-0.1, -0.05) is 17.7 Å². The van der Waals surface area contributed by atoms with Crippen LogP contribution in [0.4, 0.5) is 0 Å². The average Bonchev–Trinajstić information content (AvgIpc) is 3.10. The van der Waals surface area contributed by atoms with Crippen molar-refractivity contribution < 1.29 is 9.53 Å². The molecule has 2 aromatic heterocycles. The van der Waals surface area contributed by atoms with Gasteiger partial charge in [0.2, 0.25) is 0 Å². The zero-order valence-electron chi connectivity index (χ0n) is 12.6. The SMILES string of the molecule is O=C(NC[C@H](c1cccs1)N1CCOCC1)c1ccnc(Cl)c1. The van der Waals surface area contributed by atoms with Crippen LogP contribution in [0.1, 0.15) is 21.3 Å². The second-order valence-corrected chi connectivity index (χ2v) is 6.62. The van der Waals surface area contributed by atoms with Crippen molar-refractivity contribution in [3.05, 3.63) is 51.4 Å². The predicted octanol–water partition coefficient (Wildman–Crippen LogP) is 2.60. The van der Waals surface area contributed by atoms with Gasteiger partial charge in [0.25, 0.3) is 5.91 Å². The van der Waals surface area contributed by atoms with Gasteiger partial charge < -0.3 is 10.1 Å². The van der Waals surface area contributed by atoms with E-state index < -0.39 is 0 Å². The highest BCUT2D eigenvalue weighted by Crippen LogP contribution is 2.25. The molecule has 1 fully saturated rings. The molecule has 3 rings (SSSR count). The normalized spacial score (nSPS) is 16.9. The maximum atomic E-state index is 12.3. The summed E-state index contributed by atoms with van der Waals surface area (Å²) in [5.41, 5.74) is 0.525. The summed E-state index contributed by atoms with van der Waals surface area (Å²) >= 11 is 7.55. The molecular formula is C16H18ClN3O2S. The predicted molar refractivity (Wildman–Crippen MR) is 91.0 cm³/mol. The minimum atomic E-state index is -0.135. The molecule has 7 heteroatoms. The topological polar surface area (TPSA) is 54.5 Å². The number of thiophene rings is 1. The summed E-state index contributed by atoms with van der Waals surface area (Å²) in [7, 11) is 0. The molecule has 3 heterocycles. The van der Waals surface area contributed by atoms with Gasteiger partial charge in [0, 0.05) is 36.3 Å². The molecular weight excluding hydrogens is 334 g/mol. The minimum Gasteiger partial charge on any atom is -0.379 e. The lowest BCUT2D eigenvalue weighted by Gasteiger charge is -2.34. The van der Waals surface area contributed by atoms with Gasteiger partial charge in [-0.15, -0.1) is 11.3 Å². The molecule has 1 saturated heterocycles. The quantitative estimate of drug-likeness (QED) is 0.841. The molecule has 2 aromatic rings. The van der Waals surface area contributed by atoms with Crippen molar-refractivity contribution in [2.75, 3.05) is 32.8 Å². The average molecular weight is 352 g/mol. The molecule has 0 aliphatic carbocycles. The number of carbonyl (C=O) groups is 1. The molecule has 0 spiro atoms. The largest absolute Gasteiger partial charge is 0.379 e. The highest BCUT2D eigenvalue weighted by molar-refractivity contribution is 7.10. The fraction of sp³-hybridized carbons (Fsp3) is 0.375. The summed E-state index contributed by atoms with van der Waals surface area (Å²) in [5, 5.41) is 5.39. The molecule has 122 valence electrons. The van der Waals surface area contributed by atoms with Crippen LogP contribution in [0.5, 0.6) is 0 Å². The third-order valence-corrected chi connectivity index (χ3v) is 4.98. The van der Waals surface area contributed by atoms with Crippen molar-refractivity contribution in [2.24, 2.45) is 0 Å². The summed E-state index contributed by atoms with van der Waals surface area (Å²) in [6.07, 6.45) is 1.54. The number of aromatic nitrogens is 1. The van der Waals surface area contributed by atoms with Gasteiger partial charge in [-0.05, 0) is 23.6 Å². The van der Waals surface area contributed by atoms with E-state index in [4.69, 9.17) is 16.3 Å². The third kappa shape index (κ3) is 4.29. The Morgan fingerprint density at radius 3 is 2.96 bits per heavy atom. The van der Waals surface area contributed by atoms with E-state index in [1.54, 1.807) is 23.5 Å². The molecule has 0 bridgehead atoms. The Hall–Kier alpha value is -1.47. The Bertz CT molecular complexity index is 645. The Morgan fingerprint density at radius 1 is 1.43 bits per heavy atom. The number of rotatable bonds is 5. The summed E-state index contributed by atoms with van der Waals surface area (Å²) in [5.74, 6) is -0.135. The lowest BCUT2D eigenvalue weighted by Crippen LogP contribution is -2.43. The Labute approximate surface area is 144 Å². The monoisotopic (exact) mass is 351 g/mol. The standard InChI is InChI=1S/C16H18ClN3O2S/c17-15-10-12(3-4-18-15)16(21)19-11-13(14-2-1-9-23-14)20-5-7-22-8-6-20/h1-4,9-10,13H,5-8,11H2,(H,19,21)/t13-/m1/s1. The second kappa shape index (κ2) is 7.88. The van der Waals surface area contributed by atoms with Crippen molar-refractivity contribution >= 4 is 28.8 Å². The van der Waals surface area contributed by atoms with Crippen molar-refractivity contribution in [1.82, 2.24) is 15.2 Å². The van der Waals surface area contributed by atoms with Gasteiger partial charge in [0.1, 0.15) is 5.15 Å². The van der Waals surface area contributed by atoms with Gasteiger partial charge in [-0.3, -0.25) is 9.69 Å². The first-order valence-electron chi connectivity index (χ1n) is 7.49. The molecule has 0 aromatic carbocycles. The van der Waals surface area contributed by atoms with Crippen LogP contribution in [0.2, 0.25) is 5.15 Å². The van der Waals surface area contributed by atoms with Gasteiger partial charge in [0.05, 0.1) is 19.3 Å². The van der Waals surface area contributed by atoms with E-state index in [2.05, 4.69) is 26.6 Å². The van der Waals surface area contributed by atoms with Crippen LogP contribution in [-0.4, -0.2) is 48.6 Å². The van der Waals surface area contributed by atoms with Crippen LogP contribution in [-0.2, 0) is 4.74 Å². The highest BCUT2D eigenvalue weighted by Gasteiger charge is 2.24. The van der Waals surface area contributed by atoms with Gasteiger partial charge in [-0.2, -0.15) is 0 Å². The summed E-state index contributed by atoms with van der Waals surface area (Å²) in [4.78, 5) is 19.8. The van der Waals surface area contributed by atoms with Gasteiger partial charge in [-0.25, -0.2) is 4.98 Å². The van der Waals surface area contributed by atoms with E-state index in [9.17, 15) is 4.79 Å². The second-order valence-electron chi connectivity index (χ2n) is 5.26. The molecule has 0 unspecified atom stereocenters. The van der Waals surface area contributed by atoms with Gasteiger partial charge in [0.15, 0.2) is 0 Å². The number of nitrogens with zero attached hydrogens (tertiary/aromatic N) is 2. The molecule has 1 amide bonds. The van der Waals surface area contributed by atoms with Crippen molar-refractivity contribution in [3.8, 4) is 0 Å². The lowest BCUT2D eigenvalue weighted by molar-refractivity contribution is 0.0169. The van der Waals surface area contributed by atoms with Crippen LogP contribution < -0.4 is 5.32 Å². The number of ether oxygens (including phenoxy) is 1. The minimum absolute atomic E-state index is 0.135. The molecule has 1 aliphatic heterocycles. The molecule has 1 aliphatic rings.